The van der Waals surface area contributed by atoms with Gasteiger partial charge in [0.15, 0.2) is 5.82 Å². The molecule has 0 saturated heterocycles. The van der Waals surface area contributed by atoms with E-state index in [1.807, 2.05) is 24.4 Å². The molecule has 4 heterocycles. The monoisotopic (exact) mass is 360 g/mol. The summed E-state index contributed by atoms with van der Waals surface area (Å²) >= 11 is 4.62. The first-order valence-corrected chi connectivity index (χ1v) is 9.35. The van der Waals surface area contributed by atoms with E-state index in [2.05, 4.69) is 32.5 Å². The Labute approximate surface area is 144 Å². The van der Waals surface area contributed by atoms with Crippen LogP contribution in [0.1, 0.15) is 11.4 Å². The molecule has 4 rings (SSSR count). The standard InChI is InChI=1S/C14H12N6S3/c1-7-6-22-12-10(7)13(17-8(2)16-12)23-14-19-18-11(20(14)15)9-4-3-5-21-9/h3-6H,15H2,1-2H3. The van der Waals surface area contributed by atoms with Gasteiger partial charge in [-0.05, 0) is 48.0 Å². The van der Waals surface area contributed by atoms with Crippen LogP contribution in [-0.2, 0) is 0 Å². The summed E-state index contributed by atoms with van der Waals surface area (Å²) in [5.74, 6) is 7.57. The van der Waals surface area contributed by atoms with Crippen molar-refractivity contribution in [3.05, 3.63) is 34.3 Å². The van der Waals surface area contributed by atoms with Gasteiger partial charge >= 0.3 is 0 Å². The van der Waals surface area contributed by atoms with E-state index < -0.39 is 0 Å². The number of rotatable bonds is 3. The number of aromatic nitrogens is 5. The largest absolute Gasteiger partial charge is 0.335 e. The summed E-state index contributed by atoms with van der Waals surface area (Å²) in [6.07, 6.45) is 0. The molecule has 0 saturated carbocycles. The van der Waals surface area contributed by atoms with Crippen molar-refractivity contribution in [2.24, 2.45) is 0 Å². The Balaban J connectivity index is 1.79. The molecule has 4 aromatic heterocycles. The van der Waals surface area contributed by atoms with Gasteiger partial charge in [-0.15, -0.1) is 32.9 Å². The topological polar surface area (TPSA) is 82.5 Å². The second-order valence-electron chi connectivity index (χ2n) is 4.93. The molecule has 0 aromatic carbocycles. The van der Waals surface area contributed by atoms with Crippen LogP contribution in [0.2, 0.25) is 0 Å². The summed E-state index contributed by atoms with van der Waals surface area (Å²) in [6.45, 7) is 3.95. The van der Waals surface area contributed by atoms with Crippen molar-refractivity contribution >= 4 is 44.7 Å². The summed E-state index contributed by atoms with van der Waals surface area (Å²) in [5, 5.41) is 15.0. The molecule has 116 valence electrons. The fraction of sp³-hybridized carbons (Fsp3) is 0.143. The lowest BCUT2D eigenvalue weighted by Gasteiger charge is -2.05. The Morgan fingerprint density at radius 2 is 2.04 bits per heavy atom. The van der Waals surface area contributed by atoms with Crippen molar-refractivity contribution in [2.45, 2.75) is 24.0 Å². The molecule has 0 aliphatic rings. The Bertz CT molecular complexity index is 986. The number of nitrogens with two attached hydrogens (primary N) is 1. The molecule has 9 heteroatoms. The molecule has 4 aromatic rings. The zero-order valence-electron chi connectivity index (χ0n) is 12.3. The summed E-state index contributed by atoms with van der Waals surface area (Å²) in [7, 11) is 0. The molecule has 0 aliphatic carbocycles. The number of fused-ring (bicyclic) bond motifs is 1. The minimum absolute atomic E-state index is 0.610. The minimum Gasteiger partial charge on any atom is -0.335 e. The first-order valence-electron chi connectivity index (χ1n) is 6.78. The lowest BCUT2D eigenvalue weighted by atomic mass is 10.3. The number of hydrogen-bond donors (Lipinski definition) is 1. The zero-order valence-corrected chi connectivity index (χ0v) is 14.8. The number of hydrogen-bond acceptors (Lipinski definition) is 8. The van der Waals surface area contributed by atoms with Crippen LogP contribution >= 0.6 is 34.4 Å². The van der Waals surface area contributed by atoms with Crippen LogP contribution in [0, 0.1) is 13.8 Å². The van der Waals surface area contributed by atoms with Gasteiger partial charge < -0.3 is 5.84 Å². The Kier molecular flexibility index (Phi) is 3.55. The maximum atomic E-state index is 6.17. The van der Waals surface area contributed by atoms with E-state index in [1.165, 1.54) is 16.4 Å². The molecule has 23 heavy (non-hydrogen) atoms. The van der Waals surface area contributed by atoms with Gasteiger partial charge in [0, 0.05) is 5.39 Å². The molecule has 6 nitrogen and oxygen atoms in total. The van der Waals surface area contributed by atoms with E-state index in [0.29, 0.717) is 11.0 Å². The molecule has 0 spiro atoms. The fourth-order valence-corrected chi connectivity index (χ4v) is 4.94. The van der Waals surface area contributed by atoms with Gasteiger partial charge in [-0.3, -0.25) is 0 Å². The van der Waals surface area contributed by atoms with Crippen molar-refractivity contribution in [3.8, 4) is 10.7 Å². The summed E-state index contributed by atoms with van der Waals surface area (Å²) in [4.78, 5) is 11.0. The highest BCUT2D eigenvalue weighted by Gasteiger charge is 2.17. The summed E-state index contributed by atoms with van der Waals surface area (Å²) in [6, 6.07) is 3.94. The van der Waals surface area contributed by atoms with E-state index in [-0.39, 0.29) is 0 Å². The molecule has 0 bridgehead atoms. The quantitative estimate of drug-likeness (QED) is 0.445. The molecular formula is C14H12N6S3. The first-order chi connectivity index (χ1) is 11.1. The van der Waals surface area contributed by atoms with Crippen molar-refractivity contribution in [2.75, 3.05) is 5.84 Å². The highest BCUT2D eigenvalue weighted by molar-refractivity contribution is 7.99. The van der Waals surface area contributed by atoms with Gasteiger partial charge in [0.1, 0.15) is 15.7 Å². The third-order valence-electron chi connectivity index (χ3n) is 3.29. The normalized spacial score (nSPS) is 11.4. The van der Waals surface area contributed by atoms with Gasteiger partial charge in [0.2, 0.25) is 5.16 Å². The van der Waals surface area contributed by atoms with Crippen molar-refractivity contribution in [1.29, 1.82) is 0 Å². The van der Waals surface area contributed by atoms with E-state index in [1.54, 1.807) is 22.7 Å². The molecular weight excluding hydrogens is 348 g/mol. The molecule has 0 radical (unpaired) electrons. The van der Waals surface area contributed by atoms with Crippen molar-refractivity contribution in [1.82, 2.24) is 24.8 Å². The van der Waals surface area contributed by atoms with Crippen LogP contribution in [-0.4, -0.2) is 24.8 Å². The minimum atomic E-state index is 0.610. The Hall–Kier alpha value is -1.97. The van der Waals surface area contributed by atoms with Gasteiger partial charge in [-0.25, -0.2) is 14.6 Å². The van der Waals surface area contributed by atoms with Crippen LogP contribution in [0.15, 0.2) is 33.1 Å². The van der Waals surface area contributed by atoms with Gasteiger partial charge in [-0.2, -0.15) is 0 Å². The number of thiophene rings is 2. The number of nitrogens with zero attached hydrogens (tertiary/aromatic N) is 5. The average Bonchev–Trinajstić information content (AvgIpc) is 3.22. The molecule has 0 unspecified atom stereocenters. The SMILES string of the molecule is Cc1nc(Sc2nnc(-c3cccs3)n2N)c2c(C)csc2n1. The summed E-state index contributed by atoms with van der Waals surface area (Å²) < 4.78 is 1.52. The van der Waals surface area contributed by atoms with Crippen LogP contribution < -0.4 is 5.84 Å². The highest BCUT2D eigenvalue weighted by Crippen LogP contribution is 2.35. The lowest BCUT2D eigenvalue weighted by Crippen LogP contribution is -2.11. The zero-order chi connectivity index (χ0) is 16.0. The molecule has 0 amide bonds. The average molecular weight is 360 g/mol. The van der Waals surface area contributed by atoms with Crippen LogP contribution in [0.5, 0.6) is 0 Å². The van der Waals surface area contributed by atoms with E-state index in [9.17, 15) is 0 Å². The number of nitrogen functional groups attached to an aromatic ring is 1. The van der Waals surface area contributed by atoms with Gasteiger partial charge in [0.25, 0.3) is 0 Å². The predicted molar refractivity (Wildman–Crippen MR) is 94.5 cm³/mol. The maximum Gasteiger partial charge on any atom is 0.216 e. The van der Waals surface area contributed by atoms with Crippen molar-refractivity contribution in [3.63, 3.8) is 0 Å². The second-order valence-corrected chi connectivity index (χ2v) is 7.69. The fourth-order valence-electron chi connectivity index (χ4n) is 2.23. The van der Waals surface area contributed by atoms with Crippen LogP contribution in [0.3, 0.4) is 0 Å². The maximum absolute atomic E-state index is 6.17. The van der Waals surface area contributed by atoms with E-state index in [0.717, 1.165) is 31.5 Å². The van der Waals surface area contributed by atoms with Crippen LogP contribution in [0.25, 0.3) is 20.9 Å². The van der Waals surface area contributed by atoms with E-state index >= 15 is 0 Å². The number of aryl methyl sites for hydroxylation is 2. The second kappa shape index (κ2) is 5.59. The molecule has 0 fully saturated rings. The summed E-state index contributed by atoms with van der Waals surface area (Å²) in [5.41, 5.74) is 1.16. The molecule has 0 atom stereocenters. The highest BCUT2D eigenvalue weighted by atomic mass is 32.2. The predicted octanol–water partition coefficient (Wildman–Crippen LogP) is 3.49. The molecule has 2 N–H and O–H groups in total. The van der Waals surface area contributed by atoms with Gasteiger partial charge in [-0.1, -0.05) is 6.07 Å². The van der Waals surface area contributed by atoms with Crippen molar-refractivity contribution < 1.29 is 0 Å². The first kappa shape index (κ1) is 14.6. The van der Waals surface area contributed by atoms with Crippen LogP contribution in [0.4, 0.5) is 0 Å². The third-order valence-corrected chi connectivity index (χ3v) is 6.10. The smallest absolute Gasteiger partial charge is 0.216 e. The van der Waals surface area contributed by atoms with E-state index in [4.69, 9.17) is 5.84 Å². The Morgan fingerprint density at radius 1 is 1.17 bits per heavy atom. The van der Waals surface area contributed by atoms with Gasteiger partial charge in [0.05, 0.1) is 4.88 Å². The lowest BCUT2D eigenvalue weighted by molar-refractivity contribution is 0.847. The Morgan fingerprint density at radius 3 is 2.83 bits per heavy atom. The third kappa shape index (κ3) is 2.50. The molecule has 0 aliphatic heterocycles.